The number of rotatable bonds is 8. The first-order valence-corrected chi connectivity index (χ1v) is 5.26. The number of carbonyl (C=O) groups excluding carboxylic acids is 1. The second kappa shape index (κ2) is 8.77. The van der Waals surface area contributed by atoms with Gasteiger partial charge in [0, 0.05) is 34.4 Å². The van der Waals surface area contributed by atoms with Gasteiger partial charge in [-0.25, -0.2) is 9.59 Å². The molecule has 1 unspecified atom stereocenters. The molecule has 0 bridgehead atoms. The first kappa shape index (κ1) is 15.7. The van der Waals surface area contributed by atoms with Gasteiger partial charge in [-0.2, -0.15) is 0 Å². The molecular formula is C10H20N2O5. The van der Waals surface area contributed by atoms with E-state index in [-0.39, 0.29) is 12.6 Å². The molecule has 2 amide bonds. The molecular weight excluding hydrogens is 228 g/mol. The van der Waals surface area contributed by atoms with Crippen molar-refractivity contribution in [3.05, 3.63) is 0 Å². The number of urea groups is 1. The number of nitrogens with one attached hydrogen (secondary N) is 1. The SMILES string of the molecule is COCCCN(C)C(=O)NCC(OC)C(=O)O. The van der Waals surface area contributed by atoms with Gasteiger partial charge in [-0.05, 0) is 6.42 Å². The molecule has 0 aromatic rings. The number of carboxylic acid groups (broad SMARTS) is 1. The van der Waals surface area contributed by atoms with Crippen molar-refractivity contribution in [2.75, 3.05) is 41.0 Å². The van der Waals surface area contributed by atoms with Crippen molar-refractivity contribution in [1.82, 2.24) is 10.2 Å². The molecule has 0 saturated heterocycles. The minimum absolute atomic E-state index is 0.0563. The van der Waals surface area contributed by atoms with E-state index in [1.807, 2.05) is 0 Å². The van der Waals surface area contributed by atoms with E-state index in [0.29, 0.717) is 13.2 Å². The fourth-order valence-corrected chi connectivity index (χ4v) is 1.13. The van der Waals surface area contributed by atoms with Gasteiger partial charge < -0.3 is 24.8 Å². The monoisotopic (exact) mass is 248 g/mol. The highest BCUT2D eigenvalue weighted by Gasteiger charge is 2.18. The minimum Gasteiger partial charge on any atom is -0.479 e. The van der Waals surface area contributed by atoms with Crippen molar-refractivity contribution < 1.29 is 24.2 Å². The Hall–Kier alpha value is -1.34. The van der Waals surface area contributed by atoms with E-state index >= 15 is 0 Å². The summed E-state index contributed by atoms with van der Waals surface area (Å²) in [6.45, 7) is 1.07. The van der Waals surface area contributed by atoms with E-state index in [9.17, 15) is 9.59 Å². The second-order valence-electron chi connectivity index (χ2n) is 3.52. The maximum Gasteiger partial charge on any atom is 0.334 e. The lowest BCUT2D eigenvalue weighted by molar-refractivity contribution is -0.148. The Labute approximate surface area is 101 Å². The van der Waals surface area contributed by atoms with Gasteiger partial charge in [0.2, 0.25) is 0 Å². The number of nitrogens with zero attached hydrogens (tertiary/aromatic N) is 1. The highest BCUT2D eigenvalue weighted by Crippen LogP contribution is 1.92. The zero-order valence-corrected chi connectivity index (χ0v) is 10.4. The highest BCUT2D eigenvalue weighted by atomic mass is 16.5. The Morgan fingerprint density at radius 2 is 2.06 bits per heavy atom. The molecule has 0 aliphatic rings. The summed E-state index contributed by atoms with van der Waals surface area (Å²) in [6, 6.07) is -0.329. The fraction of sp³-hybridized carbons (Fsp3) is 0.800. The maximum atomic E-state index is 11.5. The summed E-state index contributed by atoms with van der Waals surface area (Å²) < 4.78 is 9.55. The van der Waals surface area contributed by atoms with Crippen LogP contribution in [0.2, 0.25) is 0 Å². The molecule has 0 rings (SSSR count). The lowest BCUT2D eigenvalue weighted by Gasteiger charge is -2.19. The Morgan fingerprint density at radius 1 is 1.41 bits per heavy atom. The predicted molar refractivity (Wildman–Crippen MR) is 61.0 cm³/mol. The van der Waals surface area contributed by atoms with Gasteiger partial charge >= 0.3 is 12.0 Å². The third-order valence-corrected chi connectivity index (χ3v) is 2.19. The minimum atomic E-state index is -1.10. The van der Waals surface area contributed by atoms with E-state index in [1.165, 1.54) is 12.0 Å². The molecule has 7 nitrogen and oxygen atoms in total. The second-order valence-corrected chi connectivity index (χ2v) is 3.52. The zero-order chi connectivity index (χ0) is 13.3. The molecule has 0 radical (unpaired) electrons. The largest absolute Gasteiger partial charge is 0.479 e. The summed E-state index contributed by atoms with van der Waals surface area (Å²) in [5, 5.41) is 11.2. The number of methoxy groups -OCH3 is 2. The summed E-state index contributed by atoms with van der Waals surface area (Å²) in [5.41, 5.74) is 0. The van der Waals surface area contributed by atoms with Crippen molar-refractivity contribution in [3.63, 3.8) is 0 Å². The van der Waals surface area contributed by atoms with Crippen LogP contribution >= 0.6 is 0 Å². The van der Waals surface area contributed by atoms with E-state index in [2.05, 4.69) is 10.1 Å². The van der Waals surface area contributed by atoms with E-state index in [1.54, 1.807) is 14.2 Å². The molecule has 0 saturated carbocycles. The van der Waals surface area contributed by atoms with Crippen LogP contribution in [0, 0.1) is 0 Å². The Balaban J connectivity index is 3.87. The number of aliphatic carboxylic acids is 1. The molecule has 0 spiro atoms. The average molecular weight is 248 g/mol. The van der Waals surface area contributed by atoms with E-state index in [0.717, 1.165) is 6.42 Å². The molecule has 2 N–H and O–H groups in total. The van der Waals surface area contributed by atoms with Crippen LogP contribution in [0.5, 0.6) is 0 Å². The molecule has 0 aromatic carbocycles. The van der Waals surface area contributed by atoms with Gasteiger partial charge in [0.1, 0.15) is 0 Å². The lowest BCUT2D eigenvalue weighted by Crippen LogP contribution is -2.43. The Bertz CT molecular complexity index is 247. The predicted octanol–water partition coefficient (Wildman–Crippen LogP) is -0.236. The zero-order valence-electron chi connectivity index (χ0n) is 10.4. The van der Waals surface area contributed by atoms with Gasteiger partial charge in [0.25, 0.3) is 0 Å². The summed E-state index contributed by atoms with van der Waals surface area (Å²) in [5.74, 6) is -1.10. The van der Waals surface area contributed by atoms with Crippen LogP contribution < -0.4 is 5.32 Å². The van der Waals surface area contributed by atoms with Crippen molar-refractivity contribution in [1.29, 1.82) is 0 Å². The number of amides is 2. The van der Waals surface area contributed by atoms with Crippen molar-refractivity contribution in [2.24, 2.45) is 0 Å². The van der Waals surface area contributed by atoms with Gasteiger partial charge in [-0.15, -0.1) is 0 Å². The summed E-state index contributed by atoms with van der Waals surface area (Å²) in [7, 11) is 4.51. The standard InChI is InChI=1S/C10H20N2O5/c1-12(5-4-6-16-2)10(15)11-7-8(17-3)9(13)14/h8H,4-7H2,1-3H3,(H,11,15)(H,13,14). The fourth-order valence-electron chi connectivity index (χ4n) is 1.13. The first-order chi connectivity index (χ1) is 8.02. The number of ether oxygens (including phenoxy) is 2. The highest BCUT2D eigenvalue weighted by molar-refractivity contribution is 5.76. The molecule has 0 aliphatic carbocycles. The van der Waals surface area contributed by atoms with Crippen LogP contribution in [0.15, 0.2) is 0 Å². The van der Waals surface area contributed by atoms with Crippen LogP contribution in [0.25, 0.3) is 0 Å². The molecule has 0 fully saturated rings. The van der Waals surface area contributed by atoms with Gasteiger partial charge in [-0.1, -0.05) is 0 Å². The van der Waals surface area contributed by atoms with Crippen LogP contribution in [0.4, 0.5) is 4.79 Å². The molecule has 100 valence electrons. The third kappa shape index (κ3) is 6.75. The average Bonchev–Trinajstić information content (AvgIpc) is 2.29. The number of carboxylic acids is 1. The number of hydrogen-bond acceptors (Lipinski definition) is 4. The van der Waals surface area contributed by atoms with Crippen LogP contribution in [-0.4, -0.2) is 69.1 Å². The van der Waals surface area contributed by atoms with Crippen LogP contribution in [-0.2, 0) is 14.3 Å². The van der Waals surface area contributed by atoms with Gasteiger partial charge in [0.15, 0.2) is 6.10 Å². The maximum absolute atomic E-state index is 11.5. The third-order valence-electron chi connectivity index (χ3n) is 2.19. The normalized spacial score (nSPS) is 11.9. The quantitative estimate of drug-likeness (QED) is 0.579. The Kier molecular flexibility index (Phi) is 8.08. The van der Waals surface area contributed by atoms with Crippen LogP contribution in [0.3, 0.4) is 0 Å². The summed E-state index contributed by atoms with van der Waals surface area (Å²) in [4.78, 5) is 23.6. The summed E-state index contributed by atoms with van der Waals surface area (Å²) >= 11 is 0. The molecule has 1 atom stereocenters. The summed E-state index contributed by atoms with van der Waals surface area (Å²) in [6.07, 6.45) is -0.293. The molecule has 0 heterocycles. The van der Waals surface area contributed by atoms with Crippen LogP contribution in [0.1, 0.15) is 6.42 Å². The number of carbonyl (C=O) groups is 2. The number of hydrogen-bond donors (Lipinski definition) is 2. The smallest absolute Gasteiger partial charge is 0.334 e. The van der Waals surface area contributed by atoms with Crippen molar-refractivity contribution in [3.8, 4) is 0 Å². The molecule has 0 aliphatic heterocycles. The first-order valence-electron chi connectivity index (χ1n) is 5.26. The van der Waals surface area contributed by atoms with Crippen molar-refractivity contribution >= 4 is 12.0 Å². The lowest BCUT2D eigenvalue weighted by atomic mass is 10.3. The van der Waals surface area contributed by atoms with Gasteiger partial charge in [-0.3, -0.25) is 0 Å². The molecule has 7 heteroatoms. The van der Waals surface area contributed by atoms with E-state index in [4.69, 9.17) is 9.84 Å². The topological polar surface area (TPSA) is 88.1 Å². The molecule has 0 aromatic heterocycles. The van der Waals surface area contributed by atoms with Crippen molar-refractivity contribution in [2.45, 2.75) is 12.5 Å². The molecule has 17 heavy (non-hydrogen) atoms. The Morgan fingerprint density at radius 3 is 2.53 bits per heavy atom. The van der Waals surface area contributed by atoms with E-state index < -0.39 is 12.1 Å². The van der Waals surface area contributed by atoms with Gasteiger partial charge in [0.05, 0.1) is 6.54 Å².